The second-order valence-corrected chi connectivity index (χ2v) is 6.05. The minimum Gasteiger partial charge on any atom is -0.390 e. The molecule has 1 aliphatic rings. The number of aliphatic hydroxyl groups is 1. The summed E-state index contributed by atoms with van der Waals surface area (Å²) in [6, 6.07) is 21.3. The van der Waals surface area contributed by atoms with E-state index in [2.05, 4.69) is 67.3 Å². The summed E-state index contributed by atoms with van der Waals surface area (Å²) in [6.07, 6.45) is -0.252. The molecule has 1 unspecified atom stereocenters. The van der Waals surface area contributed by atoms with E-state index in [0.29, 0.717) is 0 Å². The number of nitrogens with zero attached hydrogens (tertiary/aromatic N) is 1. The quantitative estimate of drug-likeness (QED) is 0.923. The van der Waals surface area contributed by atoms with Gasteiger partial charge in [-0.05, 0) is 25.0 Å². The van der Waals surface area contributed by atoms with Gasteiger partial charge in [0.05, 0.1) is 12.1 Å². The van der Waals surface area contributed by atoms with Crippen LogP contribution in [0.5, 0.6) is 0 Å². The Balaban J connectivity index is 2.02. The minimum atomic E-state index is -0.252. The van der Waals surface area contributed by atoms with Crippen molar-refractivity contribution in [3.8, 4) is 0 Å². The van der Waals surface area contributed by atoms with Gasteiger partial charge in [-0.25, -0.2) is 0 Å². The smallest absolute Gasteiger partial charge is 0.0845 e. The summed E-state index contributed by atoms with van der Waals surface area (Å²) in [5, 5.41) is 10.0. The van der Waals surface area contributed by atoms with Crippen molar-refractivity contribution in [1.29, 1.82) is 0 Å². The van der Waals surface area contributed by atoms with Crippen LogP contribution >= 0.6 is 0 Å². The van der Waals surface area contributed by atoms with Gasteiger partial charge in [-0.3, -0.25) is 4.90 Å². The van der Waals surface area contributed by atoms with Crippen LogP contribution in [0.2, 0.25) is 0 Å². The second-order valence-electron chi connectivity index (χ2n) is 6.05. The molecular formula is C18H21NO. The summed E-state index contributed by atoms with van der Waals surface area (Å²) in [5.41, 5.74) is 2.37. The lowest BCUT2D eigenvalue weighted by Gasteiger charge is -2.56. The number of rotatable bonds is 3. The third-order valence-corrected chi connectivity index (χ3v) is 4.47. The van der Waals surface area contributed by atoms with E-state index in [1.807, 2.05) is 12.1 Å². The van der Waals surface area contributed by atoms with E-state index in [0.717, 1.165) is 6.54 Å². The highest BCUT2D eigenvalue weighted by Crippen LogP contribution is 2.41. The first-order valence-corrected chi connectivity index (χ1v) is 7.15. The Bertz CT molecular complexity index is 525. The van der Waals surface area contributed by atoms with Crippen LogP contribution in [-0.4, -0.2) is 28.2 Å². The molecule has 104 valence electrons. The molecule has 2 aromatic carbocycles. The molecule has 1 heterocycles. The first kappa shape index (κ1) is 13.3. The average molecular weight is 267 g/mol. The van der Waals surface area contributed by atoms with Gasteiger partial charge in [0.1, 0.15) is 0 Å². The molecule has 2 nitrogen and oxygen atoms in total. The van der Waals surface area contributed by atoms with Crippen LogP contribution in [0.4, 0.5) is 0 Å². The van der Waals surface area contributed by atoms with Crippen LogP contribution in [0.3, 0.4) is 0 Å². The number of hydrogen-bond acceptors (Lipinski definition) is 2. The van der Waals surface area contributed by atoms with Gasteiger partial charge in [0, 0.05) is 12.1 Å². The molecule has 0 aromatic heterocycles. The summed E-state index contributed by atoms with van der Waals surface area (Å²) in [5.74, 6) is 0. The fourth-order valence-corrected chi connectivity index (χ4v) is 2.99. The Morgan fingerprint density at radius 3 is 1.75 bits per heavy atom. The lowest BCUT2D eigenvalue weighted by Crippen LogP contribution is -2.68. The molecule has 1 N–H and O–H groups in total. The van der Waals surface area contributed by atoms with Crippen LogP contribution < -0.4 is 0 Å². The molecule has 1 saturated heterocycles. The molecule has 0 spiro atoms. The highest BCUT2D eigenvalue weighted by atomic mass is 16.3. The Morgan fingerprint density at radius 1 is 0.950 bits per heavy atom. The van der Waals surface area contributed by atoms with Crippen LogP contribution in [0.25, 0.3) is 0 Å². The van der Waals surface area contributed by atoms with Crippen molar-refractivity contribution in [1.82, 2.24) is 4.90 Å². The fourth-order valence-electron chi connectivity index (χ4n) is 2.99. The molecule has 2 aromatic rings. The number of aliphatic hydroxyl groups excluding tert-OH is 1. The van der Waals surface area contributed by atoms with Gasteiger partial charge in [-0.2, -0.15) is 0 Å². The molecule has 0 saturated carbocycles. The second kappa shape index (κ2) is 5.04. The molecule has 1 aliphatic heterocycles. The number of benzene rings is 2. The van der Waals surface area contributed by atoms with Crippen molar-refractivity contribution in [3.05, 3.63) is 71.8 Å². The first-order chi connectivity index (χ1) is 9.60. The largest absolute Gasteiger partial charge is 0.390 e. The van der Waals surface area contributed by atoms with E-state index in [1.165, 1.54) is 11.1 Å². The van der Waals surface area contributed by atoms with Gasteiger partial charge in [0.15, 0.2) is 0 Å². The normalized spacial score (nSPS) is 21.7. The summed E-state index contributed by atoms with van der Waals surface area (Å²) in [7, 11) is 0. The van der Waals surface area contributed by atoms with Crippen molar-refractivity contribution in [2.45, 2.75) is 31.5 Å². The maximum Gasteiger partial charge on any atom is 0.0845 e. The van der Waals surface area contributed by atoms with Crippen LogP contribution in [0.1, 0.15) is 31.0 Å². The third-order valence-electron chi connectivity index (χ3n) is 4.47. The number of likely N-dealkylation sites (tertiary alicyclic amines) is 1. The fraction of sp³-hybridized carbons (Fsp3) is 0.333. The number of β-amino-alcohol motifs (C(OH)–C–C–N with tert-alkyl or cyclic N) is 1. The lowest BCUT2D eigenvalue weighted by molar-refractivity contribution is -0.132. The summed E-state index contributed by atoms with van der Waals surface area (Å²) in [4.78, 5) is 2.38. The predicted octanol–water partition coefficient (Wildman–Crippen LogP) is 3.23. The molecule has 1 fully saturated rings. The Hall–Kier alpha value is -1.64. The molecule has 2 heteroatoms. The summed E-state index contributed by atoms with van der Waals surface area (Å²) < 4.78 is 0. The summed E-state index contributed by atoms with van der Waals surface area (Å²) >= 11 is 0. The zero-order valence-electron chi connectivity index (χ0n) is 12.0. The van der Waals surface area contributed by atoms with E-state index in [1.54, 1.807) is 0 Å². The monoisotopic (exact) mass is 267 g/mol. The molecule has 20 heavy (non-hydrogen) atoms. The Labute approximate surface area is 120 Å². The van der Waals surface area contributed by atoms with Crippen molar-refractivity contribution >= 4 is 0 Å². The summed E-state index contributed by atoms with van der Waals surface area (Å²) in [6.45, 7) is 4.95. The molecule has 3 rings (SSSR count). The van der Waals surface area contributed by atoms with Gasteiger partial charge in [0.2, 0.25) is 0 Å². The average Bonchev–Trinajstić information content (AvgIpc) is 2.49. The molecular weight excluding hydrogens is 246 g/mol. The number of hydrogen-bond donors (Lipinski definition) is 1. The highest BCUT2D eigenvalue weighted by molar-refractivity contribution is 5.33. The van der Waals surface area contributed by atoms with Crippen molar-refractivity contribution in [3.63, 3.8) is 0 Å². The van der Waals surface area contributed by atoms with Crippen molar-refractivity contribution in [2.24, 2.45) is 0 Å². The van der Waals surface area contributed by atoms with E-state index < -0.39 is 0 Å². The van der Waals surface area contributed by atoms with Crippen LogP contribution in [0, 0.1) is 0 Å². The van der Waals surface area contributed by atoms with E-state index in [-0.39, 0.29) is 17.7 Å². The predicted molar refractivity (Wildman–Crippen MR) is 81.5 cm³/mol. The maximum atomic E-state index is 10.0. The Kier molecular flexibility index (Phi) is 3.36. The maximum absolute atomic E-state index is 10.0. The van der Waals surface area contributed by atoms with Crippen molar-refractivity contribution in [2.75, 3.05) is 6.54 Å². The molecule has 0 bridgehead atoms. The molecule has 0 radical (unpaired) electrons. The van der Waals surface area contributed by atoms with E-state index in [9.17, 15) is 5.11 Å². The van der Waals surface area contributed by atoms with Gasteiger partial charge in [0.25, 0.3) is 0 Å². The topological polar surface area (TPSA) is 23.5 Å². The highest BCUT2D eigenvalue weighted by Gasteiger charge is 2.48. The van der Waals surface area contributed by atoms with Crippen LogP contribution in [0.15, 0.2) is 60.7 Å². The van der Waals surface area contributed by atoms with Gasteiger partial charge in [-0.15, -0.1) is 0 Å². The van der Waals surface area contributed by atoms with Gasteiger partial charge < -0.3 is 5.11 Å². The minimum absolute atomic E-state index is 0.184. The van der Waals surface area contributed by atoms with Crippen molar-refractivity contribution < 1.29 is 5.11 Å². The third kappa shape index (κ3) is 2.15. The Morgan fingerprint density at radius 2 is 1.40 bits per heavy atom. The van der Waals surface area contributed by atoms with Crippen LogP contribution in [-0.2, 0) is 0 Å². The van der Waals surface area contributed by atoms with E-state index in [4.69, 9.17) is 0 Å². The SMILES string of the molecule is CC1(C)C(O)CN1C(c1ccccc1)c1ccccc1. The first-order valence-electron chi connectivity index (χ1n) is 7.15. The van der Waals surface area contributed by atoms with Gasteiger partial charge in [-0.1, -0.05) is 60.7 Å². The molecule has 0 aliphatic carbocycles. The zero-order chi connectivity index (χ0) is 14.2. The molecule has 1 atom stereocenters. The zero-order valence-corrected chi connectivity index (χ0v) is 12.0. The standard InChI is InChI=1S/C18H21NO/c1-18(2)16(20)13-19(18)17(14-9-5-3-6-10-14)15-11-7-4-8-12-15/h3-12,16-17,20H,13H2,1-2H3. The van der Waals surface area contributed by atoms with E-state index >= 15 is 0 Å². The van der Waals surface area contributed by atoms with Gasteiger partial charge >= 0.3 is 0 Å². The lowest BCUT2D eigenvalue weighted by atomic mass is 9.80. The molecule has 0 amide bonds.